The Morgan fingerprint density at radius 1 is 0.783 bits per heavy atom. The van der Waals surface area contributed by atoms with Gasteiger partial charge in [-0.3, -0.25) is 9.97 Å². The van der Waals surface area contributed by atoms with E-state index in [4.69, 9.17) is 0 Å². The van der Waals surface area contributed by atoms with Crippen LogP contribution in [0.25, 0.3) is 11.1 Å². The topological polar surface area (TPSA) is 62.2 Å². The van der Waals surface area contributed by atoms with E-state index in [1.54, 1.807) is 12.4 Å². The van der Waals surface area contributed by atoms with Crippen molar-refractivity contribution in [2.75, 3.05) is 0 Å². The van der Waals surface area contributed by atoms with Gasteiger partial charge in [0.1, 0.15) is 5.69 Å². The van der Waals surface area contributed by atoms with Crippen molar-refractivity contribution in [2.45, 2.75) is 6.17 Å². The fourth-order valence-corrected chi connectivity index (χ4v) is 2.51. The number of aromatic nitrogens is 2. The highest BCUT2D eigenvalue weighted by atomic mass is 15.5. The maximum Gasteiger partial charge on any atom is 0.163 e. The minimum atomic E-state index is -0.201. The molecule has 2 N–H and O–H groups in total. The molecule has 1 unspecified atom stereocenters. The summed E-state index contributed by atoms with van der Waals surface area (Å²) in [5.41, 5.74) is 10.2. The Balaban J connectivity index is 1.64. The van der Waals surface area contributed by atoms with Gasteiger partial charge in [0.05, 0.1) is 5.69 Å². The number of hydrazine groups is 1. The van der Waals surface area contributed by atoms with Crippen LogP contribution in [-0.2, 0) is 0 Å². The average molecular weight is 301 g/mol. The first kappa shape index (κ1) is 13.6. The van der Waals surface area contributed by atoms with E-state index in [1.165, 1.54) is 0 Å². The number of pyridine rings is 2. The third kappa shape index (κ3) is 2.82. The van der Waals surface area contributed by atoms with Crippen LogP contribution in [0.15, 0.2) is 78.0 Å². The predicted octanol–water partition coefficient (Wildman–Crippen LogP) is 2.70. The number of rotatable bonds is 3. The molecule has 2 aromatic heterocycles. The van der Waals surface area contributed by atoms with E-state index in [9.17, 15) is 0 Å². The lowest BCUT2D eigenvalue weighted by Crippen LogP contribution is -2.32. The smallest absolute Gasteiger partial charge is 0.163 e. The molecule has 112 valence electrons. The van der Waals surface area contributed by atoms with E-state index in [-0.39, 0.29) is 6.17 Å². The van der Waals surface area contributed by atoms with Crippen molar-refractivity contribution >= 4 is 5.84 Å². The average Bonchev–Trinajstić information content (AvgIpc) is 3.14. The summed E-state index contributed by atoms with van der Waals surface area (Å²) in [6.45, 7) is 0. The van der Waals surface area contributed by atoms with Gasteiger partial charge in [-0.1, -0.05) is 36.4 Å². The molecule has 0 radical (unpaired) electrons. The molecule has 4 rings (SSSR count). The minimum Gasteiger partial charge on any atom is -0.302 e. The molecule has 23 heavy (non-hydrogen) atoms. The highest BCUT2D eigenvalue weighted by Crippen LogP contribution is 2.21. The summed E-state index contributed by atoms with van der Waals surface area (Å²) in [5, 5.41) is 0. The van der Waals surface area contributed by atoms with Gasteiger partial charge < -0.3 is 5.43 Å². The first-order chi connectivity index (χ1) is 11.4. The minimum absolute atomic E-state index is 0.201. The van der Waals surface area contributed by atoms with Gasteiger partial charge in [-0.15, -0.1) is 0 Å². The molecule has 5 nitrogen and oxygen atoms in total. The molecule has 0 saturated carbocycles. The third-order valence-corrected chi connectivity index (χ3v) is 3.66. The Kier molecular flexibility index (Phi) is 3.54. The molecular formula is C18H15N5. The van der Waals surface area contributed by atoms with E-state index in [1.807, 2.05) is 48.5 Å². The van der Waals surface area contributed by atoms with Gasteiger partial charge in [0.15, 0.2) is 12.0 Å². The zero-order valence-corrected chi connectivity index (χ0v) is 12.3. The highest BCUT2D eigenvalue weighted by Gasteiger charge is 2.20. The van der Waals surface area contributed by atoms with E-state index < -0.39 is 0 Å². The summed E-state index contributed by atoms with van der Waals surface area (Å²) in [4.78, 5) is 13.4. The Labute approximate surface area is 134 Å². The first-order valence-corrected chi connectivity index (χ1v) is 7.42. The summed E-state index contributed by atoms with van der Waals surface area (Å²) in [6.07, 6.45) is 3.36. The van der Waals surface area contributed by atoms with Crippen LogP contribution in [-0.4, -0.2) is 15.8 Å². The van der Waals surface area contributed by atoms with Gasteiger partial charge in [0, 0.05) is 12.4 Å². The molecule has 3 aromatic rings. The van der Waals surface area contributed by atoms with Crippen molar-refractivity contribution in [2.24, 2.45) is 4.99 Å². The van der Waals surface area contributed by atoms with Crippen molar-refractivity contribution in [1.29, 1.82) is 0 Å². The van der Waals surface area contributed by atoms with Crippen molar-refractivity contribution in [3.8, 4) is 11.1 Å². The number of nitrogens with one attached hydrogen (secondary N) is 2. The monoisotopic (exact) mass is 301 g/mol. The van der Waals surface area contributed by atoms with Crippen LogP contribution in [0.5, 0.6) is 0 Å². The number of benzene rings is 1. The SMILES string of the molecule is c1ccc(-c2ccnc(C3=NC(c4ccccn4)NN3)c2)cc1. The third-order valence-electron chi connectivity index (χ3n) is 3.66. The van der Waals surface area contributed by atoms with E-state index >= 15 is 0 Å². The molecule has 0 aliphatic carbocycles. The molecule has 1 atom stereocenters. The normalized spacial score (nSPS) is 16.7. The van der Waals surface area contributed by atoms with Gasteiger partial charge in [-0.25, -0.2) is 10.4 Å². The molecule has 0 bridgehead atoms. The molecule has 0 fully saturated rings. The Bertz CT molecular complexity index is 830. The van der Waals surface area contributed by atoms with Crippen LogP contribution in [0.4, 0.5) is 0 Å². The van der Waals surface area contributed by atoms with Gasteiger partial charge >= 0.3 is 0 Å². The van der Waals surface area contributed by atoms with Gasteiger partial charge in [0.25, 0.3) is 0 Å². The number of nitrogens with zero attached hydrogens (tertiary/aromatic N) is 3. The molecular weight excluding hydrogens is 286 g/mol. The fourth-order valence-electron chi connectivity index (χ4n) is 2.51. The molecule has 1 aliphatic heterocycles. The molecule has 1 aromatic carbocycles. The van der Waals surface area contributed by atoms with Crippen LogP contribution in [0.3, 0.4) is 0 Å². The highest BCUT2D eigenvalue weighted by molar-refractivity contribution is 5.98. The molecule has 0 amide bonds. The molecule has 5 heteroatoms. The van der Waals surface area contributed by atoms with Crippen LogP contribution in [0, 0.1) is 0 Å². The van der Waals surface area contributed by atoms with Crippen molar-refractivity contribution in [1.82, 2.24) is 20.8 Å². The molecule has 0 spiro atoms. The molecule has 0 saturated heterocycles. The fraction of sp³-hybridized carbons (Fsp3) is 0.0556. The van der Waals surface area contributed by atoms with Crippen molar-refractivity contribution in [3.63, 3.8) is 0 Å². The zero-order chi connectivity index (χ0) is 15.5. The largest absolute Gasteiger partial charge is 0.302 e. The zero-order valence-electron chi connectivity index (χ0n) is 12.3. The maximum atomic E-state index is 4.63. The summed E-state index contributed by atoms with van der Waals surface area (Å²) >= 11 is 0. The summed E-state index contributed by atoms with van der Waals surface area (Å²) in [7, 11) is 0. The predicted molar refractivity (Wildman–Crippen MR) is 89.5 cm³/mol. The summed E-state index contributed by atoms with van der Waals surface area (Å²) in [6, 6.07) is 20.0. The van der Waals surface area contributed by atoms with Gasteiger partial charge in [0.2, 0.25) is 0 Å². The quantitative estimate of drug-likeness (QED) is 0.781. The summed E-state index contributed by atoms with van der Waals surface area (Å²) in [5.74, 6) is 0.721. The second kappa shape index (κ2) is 5.98. The van der Waals surface area contributed by atoms with E-state index in [0.29, 0.717) is 0 Å². The van der Waals surface area contributed by atoms with Crippen molar-refractivity contribution in [3.05, 3.63) is 84.4 Å². The van der Waals surface area contributed by atoms with Crippen LogP contribution < -0.4 is 10.9 Å². The number of aliphatic imine (C=N–C) groups is 1. The van der Waals surface area contributed by atoms with Gasteiger partial charge in [-0.2, -0.15) is 0 Å². The van der Waals surface area contributed by atoms with E-state index in [0.717, 1.165) is 28.4 Å². The van der Waals surface area contributed by atoms with Crippen LogP contribution >= 0.6 is 0 Å². The first-order valence-electron chi connectivity index (χ1n) is 7.42. The lowest BCUT2D eigenvalue weighted by molar-refractivity contribution is 0.561. The number of hydrogen-bond acceptors (Lipinski definition) is 5. The molecule has 3 heterocycles. The van der Waals surface area contributed by atoms with E-state index in [2.05, 4.69) is 37.9 Å². The number of amidine groups is 1. The summed E-state index contributed by atoms with van der Waals surface area (Å²) < 4.78 is 0. The van der Waals surface area contributed by atoms with Gasteiger partial charge in [-0.05, 0) is 35.4 Å². The number of hydrogen-bond donors (Lipinski definition) is 2. The molecule has 1 aliphatic rings. The second-order valence-electron chi connectivity index (χ2n) is 5.20. The Morgan fingerprint density at radius 2 is 1.65 bits per heavy atom. The Hall–Kier alpha value is -3.05. The second-order valence-corrected chi connectivity index (χ2v) is 5.20. The lowest BCUT2D eigenvalue weighted by atomic mass is 10.1. The van der Waals surface area contributed by atoms with Crippen LogP contribution in [0.1, 0.15) is 17.6 Å². The standard InChI is InChI=1S/C18H15N5/c1-2-6-13(7-3-1)14-9-11-20-16(12-14)18-21-17(22-23-18)15-8-4-5-10-19-15/h1-12,17,22H,(H,21,23). The van der Waals surface area contributed by atoms with Crippen LogP contribution in [0.2, 0.25) is 0 Å². The lowest BCUT2D eigenvalue weighted by Gasteiger charge is -2.05. The Morgan fingerprint density at radius 3 is 2.48 bits per heavy atom. The maximum absolute atomic E-state index is 4.63. The van der Waals surface area contributed by atoms with Crippen molar-refractivity contribution < 1.29 is 0 Å².